The molecule has 0 spiro atoms. The minimum absolute atomic E-state index is 0.146. The van der Waals surface area contributed by atoms with E-state index in [2.05, 4.69) is 5.32 Å². The van der Waals surface area contributed by atoms with Crippen molar-refractivity contribution >= 4 is 38.9 Å². The van der Waals surface area contributed by atoms with Gasteiger partial charge in [0, 0.05) is 5.69 Å². The van der Waals surface area contributed by atoms with Gasteiger partial charge in [-0.3, -0.25) is 9.10 Å². The average molecular weight is 449 g/mol. The molecule has 0 aromatic heterocycles. The molecule has 1 unspecified atom stereocenters. The average Bonchev–Trinajstić information content (AvgIpc) is 2.53. The minimum atomic E-state index is -4.69. The summed E-state index contributed by atoms with van der Waals surface area (Å²) >= 11 is 5.58. The fraction of sp³-hybridized carbons (Fsp3) is 0.316. The number of amides is 1. The second-order valence-corrected chi connectivity index (χ2v) is 9.03. The summed E-state index contributed by atoms with van der Waals surface area (Å²) in [7, 11) is -3.85. The molecule has 0 fully saturated rings. The summed E-state index contributed by atoms with van der Waals surface area (Å²) in [6.07, 6.45) is -3.74. The van der Waals surface area contributed by atoms with Crippen LogP contribution < -0.4 is 9.62 Å². The SMILES string of the molecule is Cc1cc(C)cc(N(C(C)C(=O)Nc2ccc(Cl)c(C(F)(F)F)c2)S(C)(=O)=O)c1. The second kappa shape index (κ2) is 8.23. The molecule has 5 nitrogen and oxygen atoms in total. The highest BCUT2D eigenvalue weighted by Gasteiger charge is 2.34. The van der Waals surface area contributed by atoms with Crippen molar-refractivity contribution in [3.8, 4) is 0 Å². The van der Waals surface area contributed by atoms with Gasteiger partial charge in [-0.25, -0.2) is 8.42 Å². The Morgan fingerprint density at radius 1 is 1.10 bits per heavy atom. The largest absolute Gasteiger partial charge is 0.417 e. The summed E-state index contributed by atoms with van der Waals surface area (Å²) in [5.41, 5.74) is 0.647. The van der Waals surface area contributed by atoms with Crippen LogP contribution >= 0.6 is 11.6 Å². The van der Waals surface area contributed by atoms with E-state index in [0.717, 1.165) is 27.8 Å². The molecule has 0 saturated heterocycles. The Morgan fingerprint density at radius 2 is 1.66 bits per heavy atom. The first-order chi connectivity index (χ1) is 13.2. The molecule has 29 heavy (non-hydrogen) atoms. The number of sulfonamides is 1. The second-order valence-electron chi connectivity index (χ2n) is 6.76. The van der Waals surface area contributed by atoms with Crippen molar-refractivity contribution in [3.63, 3.8) is 0 Å². The van der Waals surface area contributed by atoms with E-state index >= 15 is 0 Å². The summed E-state index contributed by atoms with van der Waals surface area (Å²) in [5, 5.41) is 1.83. The summed E-state index contributed by atoms with van der Waals surface area (Å²) < 4.78 is 64.7. The molecule has 0 aliphatic rings. The number of aryl methyl sites for hydroxylation is 2. The zero-order valence-corrected chi connectivity index (χ0v) is 17.7. The lowest BCUT2D eigenvalue weighted by molar-refractivity contribution is -0.137. The van der Waals surface area contributed by atoms with Gasteiger partial charge in [-0.1, -0.05) is 17.7 Å². The van der Waals surface area contributed by atoms with Crippen LogP contribution in [0.5, 0.6) is 0 Å². The highest BCUT2D eigenvalue weighted by molar-refractivity contribution is 7.92. The molecule has 0 radical (unpaired) electrons. The van der Waals surface area contributed by atoms with E-state index in [0.29, 0.717) is 11.8 Å². The number of halogens is 4. The molecule has 0 bridgehead atoms. The summed E-state index contributed by atoms with van der Waals surface area (Å²) in [5.74, 6) is -0.787. The predicted octanol–water partition coefficient (Wildman–Crippen LogP) is 4.77. The molecule has 1 N–H and O–H groups in total. The maximum Gasteiger partial charge on any atom is 0.417 e. The Labute approximate surface area is 172 Å². The molecule has 2 aromatic rings. The number of carbonyl (C=O) groups is 1. The van der Waals surface area contributed by atoms with Crippen molar-refractivity contribution in [2.75, 3.05) is 15.9 Å². The first-order valence-corrected chi connectivity index (χ1v) is 10.7. The fourth-order valence-corrected chi connectivity index (χ4v) is 4.34. The van der Waals surface area contributed by atoms with Crippen LogP contribution in [-0.4, -0.2) is 26.6 Å². The number of hydrogen-bond donors (Lipinski definition) is 1. The van der Waals surface area contributed by atoms with Crippen LogP contribution in [0.2, 0.25) is 5.02 Å². The third-order valence-corrected chi connectivity index (χ3v) is 5.66. The van der Waals surface area contributed by atoms with Crippen LogP contribution in [0.3, 0.4) is 0 Å². The Kier molecular flexibility index (Phi) is 6.54. The van der Waals surface area contributed by atoms with Gasteiger partial charge in [-0.2, -0.15) is 13.2 Å². The van der Waals surface area contributed by atoms with Crippen molar-refractivity contribution in [2.45, 2.75) is 33.0 Å². The third kappa shape index (κ3) is 5.63. The van der Waals surface area contributed by atoms with Crippen molar-refractivity contribution in [3.05, 3.63) is 58.1 Å². The first-order valence-electron chi connectivity index (χ1n) is 8.45. The zero-order chi connectivity index (χ0) is 22.1. The molecule has 10 heteroatoms. The number of alkyl halides is 3. The number of hydrogen-bond acceptors (Lipinski definition) is 3. The molecule has 0 heterocycles. The standard InChI is InChI=1S/C19H20ClF3N2O3S/c1-11-7-12(2)9-15(8-11)25(29(4,27)28)13(3)18(26)24-14-5-6-17(20)16(10-14)19(21,22)23/h5-10,13H,1-4H3,(H,24,26). The summed E-state index contributed by atoms with van der Waals surface area (Å²) in [4.78, 5) is 12.7. The topological polar surface area (TPSA) is 66.5 Å². The van der Waals surface area contributed by atoms with E-state index < -0.39 is 38.7 Å². The van der Waals surface area contributed by atoms with Gasteiger partial charge >= 0.3 is 6.18 Å². The molecule has 2 rings (SSSR count). The highest BCUT2D eigenvalue weighted by Crippen LogP contribution is 2.36. The summed E-state index contributed by atoms with van der Waals surface area (Å²) in [6.45, 7) is 4.93. The van der Waals surface area contributed by atoms with Gasteiger partial charge in [0.25, 0.3) is 0 Å². The van der Waals surface area contributed by atoms with Gasteiger partial charge < -0.3 is 5.32 Å². The number of anilines is 2. The van der Waals surface area contributed by atoms with Gasteiger partial charge in [-0.05, 0) is 62.2 Å². The Hall–Kier alpha value is -2.26. The van der Waals surface area contributed by atoms with E-state index in [1.165, 1.54) is 13.0 Å². The van der Waals surface area contributed by atoms with Crippen LogP contribution in [0.25, 0.3) is 0 Å². The van der Waals surface area contributed by atoms with E-state index in [4.69, 9.17) is 11.6 Å². The molecule has 2 aromatic carbocycles. The molecule has 0 saturated carbocycles. The molecule has 1 amide bonds. The van der Waals surface area contributed by atoms with Crippen LogP contribution in [-0.2, 0) is 21.0 Å². The van der Waals surface area contributed by atoms with Crippen molar-refractivity contribution in [2.24, 2.45) is 0 Å². The maximum absolute atomic E-state index is 13.0. The maximum atomic E-state index is 13.0. The highest BCUT2D eigenvalue weighted by atomic mass is 35.5. The van der Waals surface area contributed by atoms with Gasteiger partial charge in [0.2, 0.25) is 15.9 Å². The van der Waals surface area contributed by atoms with E-state index in [-0.39, 0.29) is 5.69 Å². The molecule has 158 valence electrons. The number of rotatable bonds is 5. The summed E-state index contributed by atoms with van der Waals surface area (Å²) in [6, 6.07) is 6.79. The van der Waals surface area contributed by atoms with Crippen molar-refractivity contribution in [1.82, 2.24) is 0 Å². The molecule has 0 aliphatic carbocycles. The van der Waals surface area contributed by atoms with E-state index in [9.17, 15) is 26.4 Å². The lowest BCUT2D eigenvalue weighted by atomic mass is 10.1. The quantitative estimate of drug-likeness (QED) is 0.716. The van der Waals surface area contributed by atoms with Crippen LogP contribution in [0.15, 0.2) is 36.4 Å². The zero-order valence-electron chi connectivity index (χ0n) is 16.1. The number of nitrogens with one attached hydrogen (secondary N) is 1. The van der Waals surface area contributed by atoms with E-state index in [1.807, 2.05) is 6.07 Å². The Morgan fingerprint density at radius 3 is 2.14 bits per heavy atom. The Bertz CT molecular complexity index is 1020. The van der Waals surface area contributed by atoms with Gasteiger partial charge in [-0.15, -0.1) is 0 Å². The lowest BCUT2D eigenvalue weighted by Gasteiger charge is -2.29. The molecule has 1 atom stereocenters. The van der Waals surface area contributed by atoms with Gasteiger partial charge in [0.1, 0.15) is 6.04 Å². The van der Waals surface area contributed by atoms with Crippen molar-refractivity contribution < 1.29 is 26.4 Å². The lowest BCUT2D eigenvalue weighted by Crippen LogP contribution is -2.45. The Balaban J connectivity index is 2.38. The predicted molar refractivity (Wildman–Crippen MR) is 108 cm³/mol. The first kappa shape index (κ1) is 23.0. The van der Waals surface area contributed by atoms with E-state index in [1.54, 1.807) is 26.0 Å². The fourth-order valence-electron chi connectivity index (χ4n) is 2.95. The normalized spacial score (nSPS) is 13.1. The smallest absolute Gasteiger partial charge is 0.324 e. The van der Waals surface area contributed by atoms with Crippen LogP contribution in [0, 0.1) is 13.8 Å². The number of nitrogens with zero attached hydrogens (tertiary/aromatic N) is 1. The molecular weight excluding hydrogens is 429 g/mol. The number of benzene rings is 2. The van der Waals surface area contributed by atoms with Crippen LogP contribution in [0.4, 0.5) is 24.5 Å². The van der Waals surface area contributed by atoms with Gasteiger partial charge in [0.05, 0.1) is 22.5 Å². The monoisotopic (exact) mass is 448 g/mol. The van der Waals surface area contributed by atoms with Gasteiger partial charge in [0.15, 0.2) is 0 Å². The molecular formula is C19H20ClF3N2O3S. The number of carbonyl (C=O) groups excluding carboxylic acids is 1. The van der Waals surface area contributed by atoms with Crippen molar-refractivity contribution in [1.29, 1.82) is 0 Å². The molecule has 0 aliphatic heterocycles. The third-order valence-electron chi connectivity index (χ3n) is 4.09. The van der Waals surface area contributed by atoms with Crippen LogP contribution in [0.1, 0.15) is 23.6 Å². The minimum Gasteiger partial charge on any atom is -0.324 e.